The number of carbonyl (C=O) groups excluding carboxylic acids is 1. The van der Waals surface area contributed by atoms with Gasteiger partial charge in [-0.25, -0.2) is 4.79 Å². The van der Waals surface area contributed by atoms with E-state index in [1.54, 1.807) is 4.90 Å². The summed E-state index contributed by atoms with van der Waals surface area (Å²) in [4.78, 5) is 13.8. The molecule has 1 amide bonds. The summed E-state index contributed by atoms with van der Waals surface area (Å²) in [5.74, 6) is 0. The number of hydrogen-bond donors (Lipinski definition) is 0. The van der Waals surface area contributed by atoms with Gasteiger partial charge in [0.05, 0.1) is 13.2 Å². The van der Waals surface area contributed by atoms with Gasteiger partial charge < -0.3 is 14.4 Å². The van der Waals surface area contributed by atoms with Crippen LogP contribution in [-0.4, -0.2) is 36.3 Å². The zero-order valence-electron chi connectivity index (χ0n) is 12.4. The maximum absolute atomic E-state index is 12.1. The third-order valence-electron chi connectivity index (χ3n) is 3.03. The van der Waals surface area contributed by atoms with E-state index in [2.05, 4.69) is 15.9 Å². The molecular weight excluding hydrogens is 358 g/mol. The van der Waals surface area contributed by atoms with Crippen molar-refractivity contribution in [2.75, 3.05) is 19.7 Å². The highest BCUT2D eigenvalue weighted by atomic mass is 79.9. The first-order valence-corrected chi connectivity index (χ1v) is 7.98. The molecule has 0 saturated carbocycles. The molecule has 1 saturated heterocycles. The van der Waals surface area contributed by atoms with Crippen LogP contribution in [0.4, 0.5) is 4.79 Å². The number of hydrogen-bond acceptors (Lipinski definition) is 3. The van der Waals surface area contributed by atoms with E-state index in [0.717, 1.165) is 10.0 Å². The molecule has 1 aromatic rings. The Morgan fingerprint density at radius 1 is 1.48 bits per heavy atom. The first-order valence-electron chi connectivity index (χ1n) is 6.81. The van der Waals surface area contributed by atoms with Crippen LogP contribution in [0, 0.1) is 0 Å². The predicted molar refractivity (Wildman–Crippen MR) is 85.7 cm³/mol. The molecule has 0 aromatic heterocycles. The first kappa shape index (κ1) is 16.6. The van der Waals surface area contributed by atoms with E-state index in [1.165, 1.54) is 0 Å². The predicted octanol–water partition coefficient (Wildman–Crippen LogP) is 4.41. The zero-order valence-corrected chi connectivity index (χ0v) is 14.7. The van der Waals surface area contributed by atoms with Crippen molar-refractivity contribution >= 4 is 33.6 Å². The summed E-state index contributed by atoms with van der Waals surface area (Å²) in [5, 5.41) is 0.625. The van der Waals surface area contributed by atoms with Gasteiger partial charge in [-0.15, -0.1) is 0 Å². The SMILES string of the molecule is CC(C)(C)OC(=O)N1CCO[C@H](c2ccc(Br)cc2Cl)C1. The van der Waals surface area contributed by atoms with Gasteiger partial charge in [0.2, 0.25) is 0 Å². The molecule has 0 N–H and O–H groups in total. The van der Waals surface area contributed by atoms with Gasteiger partial charge in [-0.1, -0.05) is 33.6 Å². The molecule has 0 radical (unpaired) electrons. The van der Waals surface area contributed by atoms with Crippen LogP contribution >= 0.6 is 27.5 Å². The lowest BCUT2D eigenvalue weighted by molar-refractivity contribution is -0.0432. The summed E-state index contributed by atoms with van der Waals surface area (Å²) in [5.41, 5.74) is 0.383. The van der Waals surface area contributed by atoms with Crippen LogP contribution in [0.5, 0.6) is 0 Å². The first-order chi connectivity index (χ1) is 9.76. The lowest BCUT2D eigenvalue weighted by Crippen LogP contribution is -2.44. The van der Waals surface area contributed by atoms with Gasteiger partial charge in [0.1, 0.15) is 11.7 Å². The third kappa shape index (κ3) is 4.59. The smallest absolute Gasteiger partial charge is 0.410 e. The fourth-order valence-electron chi connectivity index (χ4n) is 2.09. The van der Waals surface area contributed by atoms with Crippen molar-refractivity contribution in [2.24, 2.45) is 0 Å². The van der Waals surface area contributed by atoms with Gasteiger partial charge >= 0.3 is 6.09 Å². The molecule has 0 unspecified atom stereocenters. The van der Waals surface area contributed by atoms with E-state index >= 15 is 0 Å². The minimum atomic E-state index is -0.500. The average molecular weight is 377 g/mol. The second kappa shape index (κ2) is 6.55. The van der Waals surface area contributed by atoms with Crippen molar-refractivity contribution in [3.8, 4) is 0 Å². The van der Waals surface area contributed by atoms with Crippen LogP contribution in [0.1, 0.15) is 32.4 Å². The molecule has 1 heterocycles. The fraction of sp³-hybridized carbons (Fsp3) is 0.533. The monoisotopic (exact) mass is 375 g/mol. The summed E-state index contributed by atoms with van der Waals surface area (Å²) in [6.45, 7) is 7.00. The standard InChI is InChI=1S/C15H19BrClNO3/c1-15(2,3)21-14(19)18-6-7-20-13(9-18)11-5-4-10(16)8-12(11)17/h4-5,8,13H,6-7,9H2,1-3H3/t13-/m0/s1. The van der Waals surface area contributed by atoms with E-state index in [1.807, 2.05) is 39.0 Å². The van der Waals surface area contributed by atoms with Crippen molar-refractivity contribution in [3.63, 3.8) is 0 Å². The van der Waals surface area contributed by atoms with Gasteiger partial charge in [0.15, 0.2) is 0 Å². The largest absolute Gasteiger partial charge is 0.444 e. The van der Waals surface area contributed by atoms with Crippen molar-refractivity contribution in [1.29, 1.82) is 0 Å². The number of benzene rings is 1. The van der Waals surface area contributed by atoms with Crippen molar-refractivity contribution < 1.29 is 14.3 Å². The number of morpholine rings is 1. The number of halogens is 2. The van der Waals surface area contributed by atoms with Crippen molar-refractivity contribution in [1.82, 2.24) is 4.90 Å². The summed E-state index contributed by atoms with van der Waals surface area (Å²) in [6, 6.07) is 5.65. The molecule has 2 rings (SSSR count). The molecule has 1 atom stereocenters. The van der Waals surface area contributed by atoms with Crippen molar-refractivity contribution in [3.05, 3.63) is 33.3 Å². The van der Waals surface area contributed by atoms with E-state index < -0.39 is 5.60 Å². The Labute approximate surface area is 138 Å². The normalized spacial score (nSPS) is 19.5. The summed E-state index contributed by atoms with van der Waals surface area (Å²) in [7, 11) is 0. The summed E-state index contributed by atoms with van der Waals surface area (Å²) in [6.07, 6.45) is -0.545. The van der Waals surface area contributed by atoms with Gasteiger partial charge in [-0.2, -0.15) is 0 Å². The Bertz CT molecular complexity index is 530. The number of carbonyl (C=O) groups is 1. The zero-order chi connectivity index (χ0) is 15.6. The lowest BCUT2D eigenvalue weighted by atomic mass is 10.1. The number of amides is 1. The van der Waals surface area contributed by atoms with Crippen LogP contribution in [0.15, 0.2) is 22.7 Å². The van der Waals surface area contributed by atoms with E-state index in [4.69, 9.17) is 21.1 Å². The molecule has 116 valence electrons. The Hall–Kier alpha value is -0.780. The van der Waals surface area contributed by atoms with Gasteiger partial charge in [0.25, 0.3) is 0 Å². The van der Waals surface area contributed by atoms with Crippen molar-refractivity contribution in [2.45, 2.75) is 32.5 Å². The average Bonchev–Trinajstić information content (AvgIpc) is 2.37. The van der Waals surface area contributed by atoms with E-state index in [-0.39, 0.29) is 12.2 Å². The third-order valence-corrected chi connectivity index (χ3v) is 3.85. The maximum atomic E-state index is 12.1. The highest BCUT2D eigenvalue weighted by Crippen LogP contribution is 2.31. The molecule has 1 aromatic carbocycles. The Morgan fingerprint density at radius 2 is 2.19 bits per heavy atom. The highest BCUT2D eigenvalue weighted by molar-refractivity contribution is 9.10. The van der Waals surface area contributed by atoms with Crippen LogP contribution in [0.25, 0.3) is 0 Å². The molecule has 1 fully saturated rings. The van der Waals surface area contributed by atoms with Crippen LogP contribution in [-0.2, 0) is 9.47 Å². The lowest BCUT2D eigenvalue weighted by Gasteiger charge is -2.34. The summed E-state index contributed by atoms with van der Waals surface area (Å²) < 4.78 is 12.1. The van der Waals surface area contributed by atoms with Crippen LogP contribution in [0.3, 0.4) is 0 Å². The molecule has 1 aliphatic rings. The molecular formula is C15H19BrClNO3. The van der Waals surface area contributed by atoms with E-state index in [0.29, 0.717) is 24.7 Å². The highest BCUT2D eigenvalue weighted by Gasteiger charge is 2.29. The van der Waals surface area contributed by atoms with E-state index in [9.17, 15) is 4.79 Å². The minimum Gasteiger partial charge on any atom is -0.444 e. The second-order valence-corrected chi connectivity index (χ2v) is 7.27. The number of rotatable bonds is 1. The Balaban J connectivity index is 2.08. The molecule has 0 aliphatic carbocycles. The maximum Gasteiger partial charge on any atom is 0.410 e. The second-order valence-electron chi connectivity index (χ2n) is 5.95. The quantitative estimate of drug-likeness (QED) is 0.728. The van der Waals surface area contributed by atoms with Gasteiger partial charge in [0, 0.05) is 21.6 Å². The Morgan fingerprint density at radius 3 is 2.81 bits per heavy atom. The molecule has 4 nitrogen and oxygen atoms in total. The molecule has 0 spiro atoms. The van der Waals surface area contributed by atoms with Crippen LogP contribution < -0.4 is 0 Å². The summed E-state index contributed by atoms with van der Waals surface area (Å²) >= 11 is 9.63. The molecule has 1 aliphatic heterocycles. The number of nitrogens with zero attached hydrogens (tertiary/aromatic N) is 1. The minimum absolute atomic E-state index is 0.230. The molecule has 21 heavy (non-hydrogen) atoms. The topological polar surface area (TPSA) is 38.8 Å². The Kier molecular flexibility index (Phi) is 5.17. The molecule has 0 bridgehead atoms. The van der Waals surface area contributed by atoms with Gasteiger partial charge in [-0.05, 0) is 32.9 Å². The number of ether oxygens (including phenoxy) is 2. The fourth-order valence-corrected chi connectivity index (χ4v) is 2.89. The molecule has 6 heteroatoms. The van der Waals surface area contributed by atoms with Gasteiger partial charge in [-0.3, -0.25) is 0 Å². The van der Waals surface area contributed by atoms with Crippen LogP contribution in [0.2, 0.25) is 5.02 Å².